The quantitative estimate of drug-likeness (QED) is 0.901. The minimum absolute atomic E-state index is 0.0469. The van der Waals surface area contributed by atoms with Crippen molar-refractivity contribution in [3.05, 3.63) is 41.0 Å². The van der Waals surface area contributed by atoms with Gasteiger partial charge >= 0.3 is 5.97 Å². The predicted octanol–water partition coefficient (Wildman–Crippen LogP) is 4.14. The molecule has 1 unspecified atom stereocenters. The van der Waals surface area contributed by atoms with Gasteiger partial charge in [0, 0.05) is 15.7 Å². The van der Waals surface area contributed by atoms with E-state index in [0.717, 1.165) is 15.3 Å². The molecular weight excluding hydrogens is 279 g/mol. The Labute approximate surface area is 120 Å². The Balaban J connectivity index is 2.24. The second-order valence-electron chi connectivity index (χ2n) is 4.55. The van der Waals surface area contributed by atoms with Gasteiger partial charge < -0.3 is 9.84 Å². The molecule has 2 rings (SSSR count). The van der Waals surface area contributed by atoms with Gasteiger partial charge in [-0.1, -0.05) is 6.92 Å². The summed E-state index contributed by atoms with van der Waals surface area (Å²) < 4.78 is 18.6. The minimum Gasteiger partial charge on any atom is -0.494 e. The lowest BCUT2D eigenvalue weighted by molar-refractivity contribution is -0.137. The standard InChI is InChI=1S/C15H15FO3S/c1-9(7-15(17)18)13-5-6-14(20-13)10-3-4-12(19-2)11(16)8-10/h3-6,8-9H,7H2,1-2H3,(H,17,18). The molecule has 0 spiro atoms. The van der Waals surface area contributed by atoms with Crippen LogP contribution in [0, 0.1) is 5.82 Å². The van der Waals surface area contributed by atoms with Crippen molar-refractivity contribution in [3.63, 3.8) is 0 Å². The smallest absolute Gasteiger partial charge is 0.303 e. The van der Waals surface area contributed by atoms with Crippen LogP contribution >= 0.6 is 11.3 Å². The number of carboxylic acid groups (broad SMARTS) is 1. The highest BCUT2D eigenvalue weighted by Gasteiger charge is 2.14. The number of hydrogen-bond acceptors (Lipinski definition) is 3. The average Bonchev–Trinajstić information content (AvgIpc) is 2.87. The van der Waals surface area contributed by atoms with E-state index >= 15 is 0 Å². The Morgan fingerprint density at radius 3 is 2.75 bits per heavy atom. The van der Waals surface area contributed by atoms with Gasteiger partial charge in [0.1, 0.15) is 0 Å². The van der Waals surface area contributed by atoms with Crippen molar-refractivity contribution in [2.75, 3.05) is 7.11 Å². The molecule has 106 valence electrons. The van der Waals surface area contributed by atoms with Crippen LogP contribution in [-0.4, -0.2) is 18.2 Å². The Bertz CT molecular complexity index is 621. The monoisotopic (exact) mass is 294 g/mol. The van der Waals surface area contributed by atoms with E-state index < -0.39 is 11.8 Å². The van der Waals surface area contributed by atoms with Crippen molar-refractivity contribution in [1.29, 1.82) is 0 Å². The lowest BCUT2D eigenvalue weighted by Crippen LogP contribution is -2.00. The van der Waals surface area contributed by atoms with E-state index in [1.165, 1.54) is 24.5 Å². The molecule has 1 aromatic heterocycles. The van der Waals surface area contributed by atoms with E-state index in [0.29, 0.717) is 0 Å². The summed E-state index contributed by atoms with van der Waals surface area (Å²) in [7, 11) is 1.43. The summed E-state index contributed by atoms with van der Waals surface area (Å²) in [4.78, 5) is 12.6. The number of benzene rings is 1. The number of thiophene rings is 1. The Morgan fingerprint density at radius 2 is 2.15 bits per heavy atom. The first-order valence-corrected chi connectivity index (χ1v) is 6.98. The van der Waals surface area contributed by atoms with E-state index in [1.54, 1.807) is 12.1 Å². The van der Waals surface area contributed by atoms with Crippen LogP contribution in [0.1, 0.15) is 24.1 Å². The molecule has 5 heteroatoms. The molecule has 1 N–H and O–H groups in total. The summed E-state index contributed by atoms with van der Waals surface area (Å²) in [6, 6.07) is 8.59. The second kappa shape index (κ2) is 6.05. The van der Waals surface area contributed by atoms with Gasteiger partial charge in [0.2, 0.25) is 0 Å². The predicted molar refractivity (Wildman–Crippen MR) is 76.9 cm³/mol. The van der Waals surface area contributed by atoms with Crippen molar-refractivity contribution in [1.82, 2.24) is 0 Å². The molecule has 1 aromatic carbocycles. The molecule has 20 heavy (non-hydrogen) atoms. The van der Waals surface area contributed by atoms with Crippen molar-refractivity contribution in [3.8, 4) is 16.2 Å². The number of carbonyl (C=O) groups is 1. The zero-order valence-electron chi connectivity index (χ0n) is 11.2. The highest BCUT2D eigenvalue weighted by molar-refractivity contribution is 7.15. The third-order valence-electron chi connectivity index (χ3n) is 3.03. The average molecular weight is 294 g/mol. The number of halogens is 1. The van der Waals surface area contributed by atoms with E-state index in [-0.39, 0.29) is 18.1 Å². The first kappa shape index (κ1) is 14.5. The van der Waals surface area contributed by atoms with E-state index in [4.69, 9.17) is 9.84 Å². The lowest BCUT2D eigenvalue weighted by Gasteiger charge is -2.05. The normalized spacial score (nSPS) is 12.2. The topological polar surface area (TPSA) is 46.5 Å². The zero-order valence-corrected chi connectivity index (χ0v) is 12.0. The summed E-state index contributed by atoms with van der Waals surface area (Å²) in [6.07, 6.45) is 0.0942. The number of ether oxygens (including phenoxy) is 1. The number of carboxylic acids is 1. The fraction of sp³-hybridized carbons (Fsp3) is 0.267. The molecular formula is C15H15FO3S. The Hall–Kier alpha value is -1.88. The summed E-state index contributed by atoms with van der Waals surface area (Å²) in [5.41, 5.74) is 0.766. The number of methoxy groups -OCH3 is 1. The SMILES string of the molecule is COc1ccc(-c2ccc(C(C)CC(=O)O)s2)cc1F. The molecule has 0 amide bonds. The summed E-state index contributed by atoms with van der Waals surface area (Å²) in [5.74, 6) is -1.06. The lowest BCUT2D eigenvalue weighted by atomic mass is 10.1. The summed E-state index contributed by atoms with van der Waals surface area (Å²) >= 11 is 1.49. The largest absolute Gasteiger partial charge is 0.494 e. The van der Waals surface area contributed by atoms with E-state index in [9.17, 15) is 9.18 Å². The highest BCUT2D eigenvalue weighted by Crippen LogP contribution is 2.34. The van der Waals surface area contributed by atoms with Crippen molar-refractivity contribution < 1.29 is 19.0 Å². The highest BCUT2D eigenvalue weighted by atomic mass is 32.1. The third kappa shape index (κ3) is 3.17. The maximum Gasteiger partial charge on any atom is 0.303 e. The molecule has 1 atom stereocenters. The van der Waals surface area contributed by atoms with E-state index in [2.05, 4.69) is 0 Å². The zero-order chi connectivity index (χ0) is 14.7. The molecule has 0 bridgehead atoms. The van der Waals surface area contributed by atoms with Crippen LogP contribution in [0.25, 0.3) is 10.4 Å². The van der Waals surface area contributed by atoms with Crippen LogP contribution in [0.4, 0.5) is 4.39 Å². The number of rotatable bonds is 5. The summed E-state index contributed by atoms with van der Waals surface area (Å²) in [5, 5.41) is 8.80. The van der Waals surface area contributed by atoms with Gasteiger partial charge in [-0.25, -0.2) is 4.39 Å². The molecule has 2 aromatic rings. The maximum absolute atomic E-state index is 13.7. The maximum atomic E-state index is 13.7. The number of aliphatic carboxylic acids is 1. The van der Waals surface area contributed by atoms with Gasteiger partial charge in [0.25, 0.3) is 0 Å². The summed E-state index contributed by atoms with van der Waals surface area (Å²) in [6.45, 7) is 1.87. The van der Waals surface area contributed by atoms with Gasteiger partial charge in [-0.3, -0.25) is 4.79 Å². The fourth-order valence-electron chi connectivity index (χ4n) is 1.96. The fourth-order valence-corrected chi connectivity index (χ4v) is 3.01. The molecule has 1 heterocycles. The molecule has 0 saturated heterocycles. The van der Waals surface area contributed by atoms with Gasteiger partial charge in [-0.2, -0.15) is 0 Å². The van der Waals surface area contributed by atoms with Crippen LogP contribution in [0.3, 0.4) is 0 Å². The van der Waals surface area contributed by atoms with Gasteiger partial charge in [0.15, 0.2) is 11.6 Å². The van der Waals surface area contributed by atoms with Crippen molar-refractivity contribution >= 4 is 17.3 Å². The molecule has 0 fully saturated rings. The molecule has 0 saturated carbocycles. The molecule has 3 nitrogen and oxygen atoms in total. The van der Waals surface area contributed by atoms with Gasteiger partial charge in [0.05, 0.1) is 13.5 Å². The van der Waals surface area contributed by atoms with E-state index in [1.807, 2.05) is 19.1 Å². The Morgan fingerprint density at radius 1 is 1.40 bits per heavy atom. The van der Waals surface area contributed by atoms with Crippen molar-refractivity contribution in [2.24, 2.45) is 0 Å². The molecule has 0 aliphatic rings. The van der Waals surface area contributed by atoms with Crippen LogP contribution in [0.2, 0.25) is 0 Å². The molecule has 0 aliphatic heterocycles. The van der Waals surface area contributed by atoms with Crippen LogP contribution in [0.15, 0.2) is 30.3 Å². The molecule has 0 radical (unpaired) electrons. The minimum atomic E-state index is -0.817. The van der Waals surface area contributed by atoms with Crippen LogP contribution < -0.4 is 4.74 Å². The first-order valence-electron chi connectivity index (χ1n) is 6.16. The van der Waals surface area contributed by atoms with Crippen molar-refractivity contribution in [2.45, 2.75) is 19.3 Å². The molecule has 0 aliphatic carbocycles. The van der Waals surface area contributed by atoms with Crippen LogP contribution in [-0.2, 0) is 4.79 Å². The Kier molecular flexibility index (Phi) is 4.39. The van der Waals surface area contributed by atoms with Gasteiger partial charge in [-0.15, -0.1) is 11.3 Å². The van der Waals surface area contributed by atoms with Gasteiger partial charge in [-0.05, 0) is 35.9 Å². The number of hydrogen-bond donors (Lipinski definition) is 1. The first-order chi connectivity index (χ1) is 9.51. The van der Waals surface area contributed by atoms with Crippen LogP contribution in [0.5, 0.6) is 5.75 Å². The second-order valence-corrected chi connectivity index (χ2v) is 5.67. The third-order valence-corrected chi connectivity index (χ3v) is 4.40.